The second kappa shape index (κ2) is 6.29. The van der Waals surface area contributed by atoms with E-state index in [0.717, 1.165) is 22.5 Å². The van der Waals surface area contributed by atoms with E-state index in [0.29, 0.717) is 16.4 Å². The molecule has 118 valence electrons. The first-order chi connectivity index (χ1) is 11.1. The number of pyridine rings is 1. The Kier molecular flexibility index (Phi) is 4.20. The van der Waals surface area contributed by atoms with Crippen molar-refractivity contribution < 1.29 is 14.3 Å². The van der Waals surface area contributed by atoms with Gasteiger partial charge in [0.25, 0.3) is 0 Å². The number of benzene rings is 1. The number of esters is 1. The summed E-state index contributed by atoms with van der Waals surface area (Å²) in [6.07, 6.45) is 1.78. The fraction of sp³-hybridized carbons (Fsp3) is 0.188. The van der Waals surface area contributed by atoms with Crippen molar-refractivity contribution in [2.24, 2.45) is 5.73 Å². The molecular weight excluding hydrogens is 314 g/mol. The van der Waals surface area contributed by atoms with Crippen LogP contribution in [0.15, 0.2) is 41.6 Å². The van der Waals surface area contributed by atoms with Crippen LogP contribution in [0, 0.1) is 0 Å². The van der Waals surface area contributed by atoms with Gasteiger partial charge in [0, 0.05) is 11.6 Å². The zero-order chi connectivity index (χ0) is 16.4. The number of amides is 1. The third kappa shape index (κ3) is 2.87. The van der Waals surface area contributed by atoms with E-state index in [-0.39, 0.29) is 12.4 Å². The molecule has 6 nitrogen and oxygen atoms in total. The molecular formula is C16H15N3O3S. The van der Waals surface area contributed by atoms with Crippen molar-refractivity contribution in [1.82, 2.24) is 9.38 Å². The summed E-state index contributed by atoms with van der Waals surface area (Å²) in [5.74, 6) is -0.886. The molecule has 2 aromatic heterocycles. The lowest BCUT2D eigenvalue weighted by Gasteiger charge is -2.05. The number of hydrogen-bond donors (Lipinski definition) is 1. The van der Waals surface area contributed by atoms with Crippen LogP contribution in [0.25, 0.3) is 16.4 Å². The first kappa shape index (κ1) is 15.4. The van der Waals surface area contributed by atoms with Gasteiger partial charge in [-0.1, -0.05) is 36.0 Å². The third-order valence-electron chi connectivity index (χ3n) is 3.30. The number of rotatable bonds is 5. The van der Waals surface area contributed by atoms with E-state index in [1.807, 2.05) is 30.3 Å². The monoisotopic (exact) mass is 329 g/mol. The summed E-state index contributed by atoms with van der Waals surface area (Å²) in [4.78, 5) is 27.9. The van der Waals surface area contributed by atoms with Crippen LogP contribution in [0.3, 0.4) is 0 Å². The van der Waals surface area contributed by atoms with Crippen molar-refractivity contribution in [3.05, 3.63) is 42.2 Å². The number of primary amides is 1. The molecule has 0 unspecified atom stereocenters. The number of fused-ring (bicyclic) bond motifs is 3. The SMILES string of the molecule is CCOC(=O)c1c(SCC(N)=O)nc2c3ccccc3ccn12. The number of nitrogens with two attached hydrogens (primary N) is 1. The van der Waals surface area contributed by atoms with Crippen LogP contribution in [0.1, 0.15) is 17.4 Å². The molecule has 0 saturated carbocycles. The van der Waals surface area contributed by atoms with Crippen LogP contribution < -0.4 is 5.73 Å². The molecule has 3 rings (SSSR count). The van der Waals surface area contributed by atoms with Crippen LogP contribution in [0.5, 0.6) is 0 Å². The Labute approximate surface area is 136 Å². The van der Waals surface area contributed by atoms with Crippen molar-refractivity contribution in [3.8, 4) is 0 Å². The molecule has 0 aliphatic carbocycles. The van der Waals surface area contributed by atoms with Crippen LogP contribution in [0.4, 0.5) is 0 Å². The molecule has 2 heterocycles. The van der Waals surface area contributed by atoms with Crippen molar-refractivity contribution in [2.75, 3.05) is 12.4 Å². The summed E-state index contributed by atoms with van der Waals surface area (Å²) in [5, 5.41) is 2.39. The average Bonchev–Trinajstić information content (AvgIpc) is 2.92. The fourth-order valence-electron chi connectivity index (χ4n) is 2.37. The largest absolute Gasteiger partial charge is 0.461 e. The molecule has 23 heavy (non-hydrogen) atoms. The lowest BCUT2D eigenvalue weighted by molar-refractivity contribution is -0.115. The second-order valence-corrected chi connectivity index (χ2v) is 5.80. The van der Waals surface area contributed by atoms with Gasteiger partial charge in [-0.3, -0.25) is 9.20 Å². The van der Waals surface area contributed by atoms with Gasteiger partial charge in [-0.05, 0) is 18.4 Å². The summed E-state index contributed by atoms with van der Waals surface area (Å²) in [5.41, 5.74) is 6.17. The topological polar surface area (TPSA) is 86.7 Å². The molecule has 0 radical (unpaired) electrons. The van der Waals surface area contributed by atoms with Crippen molar-refractivity contribution in [2.45, 2.75) is 11.9 Å². The predicted molar refractivity (Wildman–Crippen MR) is 88.6 cm³/mol. The van der Waals surface area contributed by atoms with Gasteiger partial charge in [-0.2, -0.15) is 0 Å². The highest BCUT2D eigenvalue weighted by Gasteiger charge is 2.22. The first-order valence-electron chi connectivity index (χ1n) is 7.10. The minimum absolute atomic E-state index is 0.0498. The van der Waals surface area contributed by atoms with Crippen molar-refractivity contribution in [1.29, 1.82) is 0 Å². The molecule has 1 aromatic carbocycles. The van der Waals surface area contributed by atoms with Gasteiger partial charge in [-0.25, -0.2) is 9.78 Å². The number of aromatic nitrogens is 2. The van der Waals surface area contributed by atoms with E-state index in [1.54, 1.807) is 17.5 Å². The van der Waals surface area contributed by atoms with E-state index < -0.39 is 11.9 Å². The number of hydrogen-bond acceptors (Lipinski definition) is 5. The lowest BCUT2D eigenvalue weighted by Crippen LogP contribution is -2.14. The Morgan fingerprint density at radius 3 is 2.83 bits per heavy atom. The summed E-state index contributed by atoms with van der Waals surface area (Å²) >= 11 is 1.14. The van der Waals surface area contributed by atoms with E-state index in [2.05, 4.69) is 4.98 Å². The van der Waals surface area contributed by atoms with Crippen LogP contribution in [0.2, 0.25) is 0 Å². The van der Waals surface area contributed by atoms with Gasteiger partial charge < -0.3 is 10.5 Å². The maximum Gasteiger partial charge on any atom is 0.358 e. The molecule has 0 spiro atoms. The van der Waals surface area contributed by atoms with Gasteiger partial charge in [0.05, 0.1) is 12.4 Å². The predicted octanol–water partition coefficient (Wildman–Crippen LogP) is 2.24. The van der Waals surface area contributed by atoms with Crippen molar-refractivity contribution >= 4 is 40.1 Å². The van der Waals surface area contributed by atoms with E-state index in [1.165, 1.54) is 0 Å². The van der Waals surface area contributed by atoms with Gasteiger partial charge in [0.15, 0.2) is 5.69 Å². The maximum atomic E-state index is 12.3. The summed E-state index contributed by atoms with van der Waals surface area (Å²) in [7, 11) is 0. The van der Waals surface area contributed by atoms with Crippen LogP contribution >= 0.6 is 11.8 Å². The number of nitrogens with zero attached hydrogens (tertiary/aromatic N) is 2. The molecule has 2 N–H and O–H groups in total. The smallest absolute Gasteiger partial charge is 0.358 e. The second-order valence-electron chi connectivity index (χ2n) is 4.84. The Balaban J connectivity index is 2.22. The van der Waals surface area contributed by atoms with E-state index >= 15 is 0 Å². The molecule has 0 aliphatic rings. The van der Waals surface area contributed by atoms with E-state index in [4.69, 9.17) is 10.5 Å². The molecule has 0 saturated heterocycles. The van der Waals surface area contributed by atoms with Crippen molar-refractivity contribution in [3.63, 3.8) is 0 Å². The highest BCUT2D eigenvalue weighted by atomic mass is 32.2. The highest BCUT2D eigenvalue weighted by molar-refractivity contribution is 8.00. The Morgan fingerprint density at radius 2 is 2.09 bits per heavy atom. The van der Waals surface area contributed by atoms with E-state index in [9.17, 15) is 9.59 Å². The maximum absolute atomic E-state index is 12.3. The zero-order valence-electron chi connectivity index (χ0n) is 12.5. The molecule has 7 heteroatoms. The molecule has 0 bridgehead atoms. The molecule has 0 atom stereocenters. The fourth-order valence-corrected chi connectivity index (χ4v) is 3.12. The molecule has 0 fully saturated rings. The normalized spacial score (nSPS) is 11.0. The Hall–Kier alpha value is -2.54. The highest BCUT2D eigenvalue weighted by Crippen LogP contribution is 2.28. The quantitative estimate of drug-likeness (QED) is 0.573. The average molecular weight is 329 g/mol. The minimum Gasteiger partial charge on any atom is -0.461 e. The number of imidazole rings is 1. The lowest BCUT2D eigenvalue weighted by atomic mass is 10.2. The van der Waals surface area contributed by atoms with Gasteiger partial charge in [-0.15, -0.1) is 0 Å². The number of ether oxygens (including phenoxy) is 1. The Bertz CT molecular complexity index is 904. The number of carbonyl (C=O) groups is 2. The summed E-state index contributed by atoms with van der Waals surface area (Å²) < 4.78 is 6.82. The summed E-state index contributed by atoms with van der Waals surface area (Å²) in [6.45, 7) is 2.01. The minimum atomic E-state index is -0.470. The zero-order valence-corrected chi connectivity index (χ0v) is 13.3. The Morgan fingerprint density at radius 1 is 1.30 bits per heavy atom. The van der Waals surface area contributed by atoms with Crippen LogP contribution in [-0.2, 0) is 9.53 Å². The van der Waals surface area contributed by atoms with Crippen LogP contribution in [-0.4, -0.2) is 33.6 Å². The first-order valence-corrected chi connectivity index (χ1v) is 8.08. The molecule has 0 aliphatic heterocycles. The third-order valence-corrected chi connectivity index (χ3v) is 4.29. The standard InChI is InChI=1S/C16H15N3O3S/c1-2-22-16(21)13-15(23-9-12(17)20)18-14-11-6-4-3-5-10(11)7-8-19(13)14/h3-8H,2,9H2,1H3,(H2,17,20). The number of thioether (sulfide) groups is 1. The summed E-state index contributed by atoms with van der Waals surface area (Å²) in [6, 6.07) is 9.68. The van der Waals surface area contributed by atoms with Gasteiger partial charge in [0.1, 0.15) is 10.7 Å². The number of carbonyl (C=O) groups excluding carboxylic acids is 2. The molecule has 3 aromatic rings. The van der Waals surface area contributed by atoms with Gasteiger partial charge in [0.2, 0.25) is 5.91 Å². The molecule has 1 amide bonds. The van der Waals surface area contributed by atoms with Gasteiger partial charge >= 0.3 is 5.97 Å².